The number of carbonyl (C=O) groups is 2. The number of allylic oxidation sites excluding steroid dienone is 1. The number of carbonyl (C=O) groups excluding carboxylic acids is 2. The van der Waals surface area contributed by atoms with Crippen LogP contribution in [0.4, 0.5) is 0 Å². The molecule has 0 atom stereocenters. The topological polar surface area (TPSA) is 75.0 Å². The van der Waals surface area contributed by atoms with E-state index in [-0.39, 0.29) is 5.78 Å². The summed E-state index contributed by atoms with van der Waals surface area (Å²) in [5.41, 5.74) is 3.31. The Hall–Kier alpha value is -5.10. The van der Waals surface area contributed by atoms with E-state index in [9.17, 15) is 9.59 Å². The van der Waals surface area contributed by atoms with E-state index in [0.29, 0.717) is 52.6 Å². The molecule has 0 radical (unpaired) electrons. The average molecular weight is 533 g/mol. The van der Waals surface area contributed by atoms with Gasteiger partial charge in [0.1, 0.15) is 40.8 Å². The standard InChI is InChI=1S/C34H28O6/c1-3-37-27-14-9-24(10-15-27)11-19-31(35)26-12-16-28(17-13-26)40-34(36)33-23(2)39-32-20-18-29(21-30(32)33)38-22-25-7-5-4-6-8-25/h4-21H,3,22H2,1-2H3. The SMILES string of the molecule is CCOc1ccc(C=CC(=O)c2ccc(OC(=O)c3c(C)oc4ccc(OCc5ccccc5)cc34)cc2)cc1. The van der Waals surface area contributed by atoms with E-state index in [0.717, 1.165) is 16.9 Å². The van der Waals surface area contributed by atoms with E-state index in [4.69, 9.17) is 18.6 Å². The molecule has 0 saturated heterocycles. The Balaban J connectivity index is 1.25. The minimum absolute atomic E-state index is 0.161. The molecule has 0 fully saturated rings. The van der Waals surface area contributed by atoms with Crippen molar-refractivity contribution in [2.75, 3.05) is 6.61 Å². The Morgan fingerprint density at radius 1 is 0.800 bits per heavy atom. The van der Waals surface area contributed by atoms with Crippen LogP contribution in [0.1, 0.15) is 44.5 Å². The third-order valence-electron chi connectivity index (χ3n) is 6.26. The molecular weight excluding hydrogens is 504 g/mol. The van der Waals surface area contributed by atoms with Gasteiger partial charge in [-0.1, -0.05) is 48.5 Å². The average Bonchev–Trinajstić information content (AvgIpc) is 3.31. The zero-order chi connectivity index (χ0) is 27.9. The predicted octanol–water partition coefficient (Wildman–Crippen LogP) is 7.83. The van der Waals surface area contributed by atoms with E-state index in [1.54, 1.807) is 49.4 Å². The molecule has 0 spiro atoms. The largest absolute Gasteiger partial charge is 0.494 e. The lowest BCUT2D eigenvalue weighted by atomic mass is 10.1. The first-order chi connectivity index (χ1) is 19.5. The Labute approximate surface area is 232 Å². The number of esters is 1. The molecule has 0 aliphatic rings. The molecule has 0 amide bonds. The molecule has 5 rings (SSSR count). The van der Waals surface area contributed by atoms with Gasteiger partial charge in [0.05, 0.1) is 6.61 Å². The number of benzene rings is 4. The van der Waals surface area contributed by atoms with Gasteiger partial charge in [0.2, 0.25) is 0 Å². The fourth-order valence-electron chi connectivity index (χ4n) is 4.24. The van der Waals surface area contributed by atoms with Gasteiger partial charge in [-0.3, -0.25) is 4.79 Å². The molecule has 0 bridgehead atoms. The molecule has 200 valence electrons. The Morgan fingerprint density at radius 3 is 2.23 bits per heavy atom. The summed E-state index contributed by atoms with van der Waals surface area (Å²) in [7, 11) is 0. The molecule has 4 aromatic carbocycles. The summed E-state index contributed by atoms with van der Waals surface area (Å²) in [4.78, 5) is 25.8. The number of hydrogen-bond acceptors (Lipinski definition) is 6. The van der Waals surface area contributed by atoms with Crippen molar-refractivity contribution >= 4 is 28.8 Å². The van der Waals surface area contributed by atoms with Gasteiger partial charge in [0.15, 0.2) is 5.78 Å². The van der Waals surface area contributed by atoms with Crippen LogP contribution in [0, 0.1) is 6.92 Å². The van der Waals surface area contributed by atoms with Crippen molar-refractivity contribution in [3.63, 3.8) is 0 Å². The highest BCUT2D eigenvalue weighted by atomic mass is 16.5. The van der Waals surface area contributed by atoms with Crippen LogP contribution in [0.5, 0.6) is 17.2 Å². The Kier molecular flexibility index (Phi) is 8.07. The van der Waals surface area contributed by atoms with Crippen molar-refractivity contribution in [1.82, 2.24) is 0 Å². The molecule has 0 aliphatic heterocycles. The van der Waals surface area contributed by atoms with Gasteiger partial charge in [-0.2, -0.15) is 0 Å². The molecule has 0 aliphatic carbocycles. The molecular formula is C34H28O6. The molecule has 0 saturated carbocycles. The summed E-state index contributed by atoms with van der Waals surface area (Å²) in [5, 5.41) is 0.610. The molecule has 6 heteroatoms. The van der Waals surface area contributed by atoms with Crippen LogP contribution in [0.25, 0.3) is 17.0 Å². The third kappa shape index (κ3) is 6.30. The van der Waals surface area contributed by atoms with Crippen molar-refractivity contribution in [1.29, 1.82) is 0 Å². The summed E-state index contributed by atoms with van der Waals surface area (Å²) in [6.45, 7) is 4.66. The first kappa shape index (κ1) is 26.5. The summed E-state index contributed by atoms with van der Waals surface area (Å²) in [6.07, 6.45) is 3.26. The highest BCUT2D eigenvalue weighted by molar-refractivity contribution is 6.07. The number of rotatable bonds is 10. The first-order valence-electron chi connectivity index (χ1n) is 13.0. The van der Waals surface area contributed by atoms with Crippen molar-refractivity contribution in [2.45, 2.75) is 20.5 Å². The zero-order valence-corrected chi connectivity index (χ0v) is 22.3. The lowest BCUT2D eigenvalue weighted by Crippen LogP contribution is -2.09. The number of ketones is 1. The second-order valence-corrected chi connectivity index (χ2v) is 9.08. The van der Waals surface area contributed by atoms with Crippen molar-refractivity contribution in [2.24, 2.45) is 0 Å². The number of fused-ring (bicyclic) bond motifs is 1. The smallest absolute Gasteiger partial charge is 0.347 e. The third-order valence-corrected chi connectivity index (χ3v) is 6.26. The molecule has 40 heavy (non-hydrogen) atoms. The quantitative estimate of drug-likeness (QED) is 0.0790. The van der Waals surface area contributed by atoms with Crippen LogP contribution in [0.3, 0.4) is 0 Å². The molecule has 1 aromatic heterocycles. The summed E-state index contributed by atoms with van der Waals surface area (Å²) in [6, 6.07) is 29.2. The van der Waals surface area contributed by atoms with Gasteiger partial charge in [0, 0.05) is 10.9 Å². The first-order valence-corrected chi connectivity index (χ1v) is 13.0. The predicted molar refractivity (Wildman–Crippen MR) is 154 cm³/mol. The number of furan rings is 1. The summed E-state index contributed by atoms with van der Waals surface area (Å²) in [5.74, 6) is 1.46. The zero-order valence-electron chi connectivity index (χ0n) is 22.3. The van der Waals surface area contributed by atoms with E-state index < -0.39 is 5.97 Å². The van der Waals surface area contributed by atoms with Crippen molar-refractivity contribution in [3.05, 3.63) is 131 Å². The normalized spacial score (nSPS) is 11.1. The van der Waals surface area contributed by atoms with Crippen molar-refractivity contribution < 1.29 is 28.2 Å². The van der Waals surface area contributed by atoms with Gasteiger partial charge in [-0.25, -0.2) is 4.79 Å². The highest BCUT2D eigenvalue weighted by Gasteiger charge is 2.21. The van der Waals surface area contributed by atoms with Crippen molar-refractivity contribution in [3.8, 4) is 17.2 Å². The maximum atomic E-state index is 13.1. The van der Waals surface area contributed by atoms with Crippen LogP contribution >= 0.6 is 0 Å². The monoisotopic (exact) mass is 532 g/mol. The van der Waals surface area contributed by atoms with Crippen LogP contribution in [0.2, 0.25) is 0 Å². The van der Waals surface area contributed by atoms with Gasteiger partial charge < -0.3 is 18.6 Å². The minimum atomic E-state index is -0.550. The number of aryl methyl sites for hydroxylation is 1. The van der Waals surface area contributed by atoms with E-state index in [1.807, 2.05) is 67.6 Å². The molecule has 1 heterocycles. The van der Waals surface area contributed by atoms with Gasteiger partial charge in [0.25, 0.3) is 0 Å². The molecule has 0 N–H and O–H groups in total. The van der Waals surface area contributed by atoms with Crippen LogP contribution < -0.4 is 14.2 Å². The van der Waals surface area contributed by atoms with Crippen LogP contribution in [0.15, 0.2) is 108 Å². The molecule has 0 unspecified atom stereocenters. The number of ether oxygens (including phenoxy) is 3. The maximum absolute atomic E-state index is 13.1. The second-order valence-electron chi connectivity index (χ2n) is 9.08. The lowest BCUT2D eigenvalue weighted by Gasteiger charge is -2.07. The fraction of sp³-hybridized carbons (Fsp3) is 0.118. The second kappa shape index (κ2) is 12.2. The van der Waals surface area contributed by atoms with Gasteiger partial charge >= 0.3 is 5.97 Å². The van der Waals surface area contributed by atoms with Crippen LogP contribution in [-0.2, 0) is 6.61 Å². The minimum Gasteiger partial charge on any atom is -0.494 e. The summed E-state index contributed by atoms with van der Waals surface area (Å²) >= 11 is 0. The Bertz CT molecular complexity index is 1650. The van der Waals surface area contributed by atoms with E-state index in [1.165, 1.54) is 6.08 Å². The molecule has 5 aromatic rings. The lowest BCUT2D eigenvalue weighted by molar-refractivity contribution is 0.0734. The fourth-order valence-corrected chi connectivity index (χ4v) is 4.24. The summed E-state index contributed by atoms with van der Waals surface area (Å²) < 4.78 is 22.8. The maximum Gasteiger partial charge on any atom is 0.347 e. The number of hydrogen-bond donors (Lipinski definition) is 0. The Morgan fingerprint density at radius 2 is 1.50 bits per heavy atom. The van der Waals surface area contributed by atoms with E-state index in [2.05, 4.69) is 0 Å². The molecule has 6 nitrogen and oxygen atoms in total. The highest BCUT2D eigenvalue weighted by Crippen LogP contribution is 2.30. The van der Waals surface area contributed by atoms with Gasteiger partial charge in [-0.15, -0.1) is 0 Å². The van der Waals surface area contributed by atoms with E-state index >= 15 is 0 Å². The van der Waals surface area contributed by atoms with Gasteiger partial charge in [-0.05, 0) is 85.6 Å². The van der Waals surface area contributed by atoms with Crippen LogP contribution in [-0.4, -0.2) is 18.4 Å².